The summed E-state index contributed by atoms with van der Waals surface area (Å²) < 4.78 is 2.17. The van der Waals surface area contributed by atoms with Crippen LogP contribution in [0.4, 0.5) is 0 Å². The van der Waals surface area contributed by atoms with Crippen LogP contribution in [-0.2, 0) is 6.54 Å². The maximum absolute atomic E-state index is 13.0. The predicted molar refractivity (Wildman–Crippen MR) is 107 cm³/mol. The molecule has 0 saturated heterocycles. The predicted octanol–water partition coefficient (Wildman–Crippen LogP) is 3.99. The van der Waals surface area contributed by atoms with Crippen LogP contribution in [0.3, 0.4) is 0 Å². The van der Waals surface area contributed by atoms with Crippen molar-refractivity contribution in [2.75, 3.05) is 6.54 Å². The number of phenols is 1. The van der Waals surface area contributed by atoms with Crippen LogP contribution in [0.5, 0.6) is 5.75 Å². The molecular formula is C22H24N4O2. The van der Waals surface area contributed by atoms with Crippen molar-refractivity contribution >= 4 is 5.91 Å². The number of fused-ring (bicyclic) bond motifs is 1. The van der Waals surface area contributed by atoms with Crippen molar-refractivity contribution in [1.29, 1.82) is 0 Å². The lowest BCUT2D eigenvalue weighted by Crippen LogP contribution is -2.40. The van der Waals surface area contributed by atoms with Crippen LogP contribution >= 0.6 is 0 Å². The number of hydrogen-bond donors (Lipinski definition) is 1. The van der Waals surface area contributed by atoms with Crippen molar-refractivity contribution in [2.45, 2.75) is 39.3 Å². The molecule has 3 aromatic rings. The maximum Gasteiger partial charge on any atom is 0.254 e. The summed E-state index contributed by atoms with van der Waals surface area (Å²) in [7, 11) is 0. The van der Waals surface area contributed by atoms with Crippen LogP contribution < -0.4 is 0 Å². The zero-order chi connectivity index (χ0) is 19.8. The molecule has 6 heteroatoms. The first-order valence-corrected chi connectivity index (χ1v) is 9.56. The highest BCUT2D eigenvalue weighted by Crippen LogP contribution is 2.27. The molecule has 0 bridgehead atoms. The smallest absolute Gasteiger partial charge is 0.254 e. The largest absolute Gasteiger partial charge is 0.508 e. The molecule has 28 heavy (non-hydrogen) atoms. The molecule has 1 aromatic heterocycles. The lowest BCUT2D eigenvalue weighted by Gasteiger charge is -2.33. The Balaban J connectivity index is 1.54. The monoisotopic (exact) mass is 376 g/mol. The second-order valence-electron chi connectivity index (χ2n) is 7.66. The Kier molecular flexibility index (Phi) is 4.63. The molecule has 0 fully saturated rings. The number of carbonyl (C=O) groups is 1. The van der Waals surface area contributed by atoms with E-state index in [1.54, 1.807) is 12.1 Å². The molecule has 0 aliphatic carbocycles. The number of nitrogens with zero attached hydrogens (tertiary/aromatic N) is 4. The van der Waals surface area contributed by atoms with Gasteiger partial charge in [0.05, 0.1) is 12.6 Å². The summed E-state index contributed by atoms with van der Waals surface area (Å²) in [4.78, 5) is 14.9. The van der Waals surface area contributed by atoms with E-state index in [1.165, 1.54) is 0 Å². The maximum atomic E-state index is 13.0. The van der Waals surface area contributed by atoms with Gasteiger partial charge in [-0.05, 0) is 42.3 Å². The molecule has 1 aliphatic rings. The Labute approximate surface area is 164 Å². The lowest BCUT2D eigenvalue weighted by atomic mass is 10.0. The van der Waals surface area contributed by atoms with Gasteiger partial charge in [-0.1, -0.05) is 38.1 Å². The van der Waals surface area contributed by atoms with Gasteiger partial charge in [-0.25, -0.2) is 0 Å². The Morgan fingerprint density at radius 1 is 1.04 bits per heavy atom. The number of aromatic hydroxyl groups is 1. The number of carbonyl (C=O) groups excluding carboxylic acids is 1. The van der Waals surface area contributed by atoms with E-state index in [1.807, 2.05) is 41.3 Å². The topological polar surface area (TPSA) is 71.2 Å². The molecule has 0 radical (unpaired) electrons. The fourth-order valence-corrected chi connectivity index (χ4v) is 3.75. The zero-order valence-corrected chi connectivity index (χ0v) is 16.3. The fourth-order valence-electron chi connectivity index (χ4n) is 3.75. The summed E-state index contributed by atoms with van der Waals surface area (Å²) in [5.74, 6) is 2.37. The summed E-state index contributed by atoms with van der Waals surface area (Å²) in [5.41, 5.74) is 2.66. The molecule has 4 rings (SSSR count). The molecular weight excluding hydrogens is 352 g/mol. The van der Waals surface area contributed by atoms with Crippen LogP contribution in [0, 0.1) is 0 Å². The van der Waals surface area contributed by atoms with Gasteiger partial charge in [0.2, 0.25) is 0 Å². The molecule has 1 atom stereocenters. The van der Waals surface area contributed by atoms with Gasteiger partial charge in [0.1, 0.15) is 11.6 Å². The van der Waals surface area contributed by atoms with E-state index in [2.05, 4.69) is 35.5 Å². The van der Waals surface area contributed by atoms with Crippen LogP contribution in [0.15, 0.2) is 48.5 Å². The number of amides is 1. The number of aromatic nitrogens is 3. The van der Waals surface area contributed by atoms with E-state index in [-0.39, 0.29) is 17.7 Å². The quantitative estimate of drug-likeness (QED) is 0.750. The van der Waals surface area contributed by atoms with Crippen LogP contribution in [0.2, 0.25) is 0 Å². The number of rotatable bonds is 3. The van der Waals surface area contributed by atoms with E-state index < -0.39 is 0 Å². The standard InChI is InChI=1S/C22H24N4O2/c1-14(2)21-24-23-20-13-25(12-15(3)26(20)21)22(28)18-6-4-16(5-7-18)17-8-10-19(27)11-9-17/h4-11,14-15,27H,12-13H2,1-3H3/t15-/m0/s1. The Bertz CT molecular complexity index is 990. The number of hydrogen-bond acceptors (Lipinski definition) is 4. The summed E-state index contributed by atoms with van der Waals surface area (Å²) in [6.45, 7) is 7.44. The van der Waals surface area contributed by atoms with Crippen LogP contribution in [0.1, 0.15) is 54.7 Å². The molecule has 0 saturated carbocycles. The summed E-state index contributed by atoms with van der Waals surface area (Å²) in [5, 5.41) is 18.1. The molecule has 1 amide bonds. The third-order valence-electron chi connectivity index (χ3n) is 5.19. The van der Waals surface area contributed by atoms with Crippen molar-refractivity contribution in [3.8, 4) is 16.9 Å². The lowest BCUT2D eigenvalue weighted by molar-refractivity contribution is 0.0679. The van der Waals surface area contributed by atoms with E-state index in [0.717, 1.165) is 22.8 Å². The van der Waals surface area contributed by atoms with E-state index in [4.69, 9.17) is 0 Å². The van der Waals surface area contributed by atoms with Gasteiger partial charge < -0.3 is 14.6 Å². The average molecular weight is 376 g/mol. The minimum Gasteiger partial charge on any atom is -0.508 e. The van der Waals surface area contributed by atoms with Gasteiger partial charge in [-0.3, -0.25) is 4.79 Å². The minimum absolute atomic E-state index is 0.00412. The molecule has 0 unspecified atom stereocenters. The second kappa shape index (κ2) is 7.11. The van der Waals surface area contributed by atoms with Gasteiger partial charge in [0.25, 0.3) is 5.91 Å². The Morgan fingerprint density at radius 2 is 1.64 bits per heavy atom. The highest BCUT2D eigenvalue weighted by Gasteiger charge is 2.30. The number of phenolic OH excluding ortho intramolecular Hbond substituents is 1. The van der Waals surface area contributed by atoms with Gasteiger partial charge >= 0.3 is 0 Å². The molecule has 0 spiro atoms. The average Bonchev–Trinajstić information content (AvgIpc) is 3.13. The highest BCUT2D eigenvalue weighted by molar-refractivity contribution is 5.94. The van der Waals surface area contributed by atoms with E-state index in [9.17, 15) is 9.90 Å². The van der Waals surface area contributed by atoms with Gasteiger partial charge in [0.15, 0.2) is 5.82 Å². The molecule has 6 nitrogen and oxygen atoms in total. The summed E-state index contributed by atoms with van der Waals surface area (Å²) in [6.07, 6.45) is 0. The Morgan fingerprint density at radius 3 is 2.25 bits per heavy atom. The van der Waals surface area contributed by atoms with E-state index >= 15 is 0 Å². The molecule has 2 heterocycles. The van der Waals surface area contributed by atoms with E-state index in [0.29, 0.717) is 24.6 Å². The fraction of sp³-hybridized carbons (Fsp3) is 0.318. The van der Waals surface area contributed by atoms with Crippen molar-refractivity contribution in [2.24, 2.45) is 0 Å². The molecule has 144 valence electrons. The zero-order valence-electron chi connectivity index (χ0n) is 16.3. The Hall–Kier alpha value is -3.15. The van der Waals surface area contributed by atoms with Gasteiger partial charge in [-0.2, -0.15) is 0 Å². The van der Waals surface area contributed by atoms with Crippen molar-refractivity contribution < 1.29 is 9.90 Å². The summed E-state index contributed by atoms with van der Waals surface area (Å²) in [6, 6.07) is 14.8. The molecule has 1 aliphatic heterocycles. The third kappa shape index (κ3) is 3.26. The second-order valence-corrected chi connectivity index (χ2v) is 7.66. The van der Waals surface area contributed by atoms with Crippen LogP contribution in [-0.4, -0.2) is 37.2 Å². The number of benzene rings is 2. The first-order chi connectivity index (χ1) is 13.4. The van der Waals surface area contributed by atoms with Gasteiger partial charge in [-0.15, -0.1) is 10.2 Å². The molecule has 2 aromatic carbocycles. The van der Waals surface area contributed by atoms with Crippen molar-refractivity contribution in [1.82, 2.24) is 19.7 Å². The normalized spacial score (nSPS) is 16.3. The molecule has 1 N–H and O–H groups in total. The first kappa shape index (κ1) is 18.2. The van der Waals surface area contributed by atoms with Crippen molar-refractivity contribution in [3.05, 3.63) is 65.7 Å². The summed E-state index contributed by atoms with van der Waals surface area (Å²) >= 11 is 0. The van der Waals surface area contributed by atoms with Crippen LogP contribution in [0.25, 0.3) is 11.1 Å². The van der Waals surface area contributed by atoms with Gasteiger partial charge in [0, 0.05) is 18.0 Å². The van der Waals surface area contributed by atoms with Crippen molar-refractivity contribution in [3.63, 3.8) is 0 Å². The highest BCUT2D eigenvalue weighted by atomic mass is 16.3. The first-order valence-electron chi connectivity index (χ1n) is 9.56. The SMILES string of the molecule is CC(C)c1nnc2n1[C@@H](C)CN(C(=O)c1ccc(-c3ccc(O)cc3)cc1)C2. The third-order valence-corrected chi connectivity index (χ3v) is 5.19. The minimum atomic E-state index is 0.00412.